The van der Waals surface area contributed by atoms with Crippen molar-refractivity contribution >= 4 is 22.8 Å². The molecule has 0 spiro atoms. The fraction of sp³-hybridized carbons (Fsp3) is 0.628. The van der Waals surface area contributed by atoms with Crippen LogP contribution in [0, 0.1) is 25.7 Å². The first-order chi connectivity index (χ1) is 22.0. The molecule has 0 aromatic heterocycles. The summed E-state index contributed by atoms with van der Waals surface area (Å²) in [7, 11) is 0. The van der Waals surface area contributed by atoms with E-state index in [1.54, 1.807) is 0 Å². The van der Waals surface area contributed by atoms with E-state index in [2.05, 4.69) is 89.8 Å². The van der Waals surface area contributed by atoms with Crippen molar-refractivity contribution in [1.29, 1.82) is 0 Å². The molecule has 0 fully saturated rings. The summed E-state index contributed by atoms with van der Waals surface area (Å²) in [5.74, 6) is 7.09. The molecule has 0 heterocycles. The van der Waals surface area contributed by atoms with Crippen LogP contribution < -0.4 is 0 Å². The van der Waals surface area contributed by atoms with Crippen molar-refractivity contribution in [2.75, 3.05) is 0 Å². The number of rotatable bonds is 23. The summed E-state index contributed by atoms with van der Waals surface area (Å²) in [6.45, 7) is 13.4. The van der Waals surface area contributed by atoms with Gasteiger partial charge in [-0.05, 0) is 111 Å². The minimum atomic E-state index is 0. The van der Waals surface area contributed by atoms with Crippen LogP contribution in [-0.2, 0) is 29.3 Å². The van der Waals surface area contributed by atoms with Gasteiger partial charge in [0.25, 0.3) is 0 Å². The maximum absolute atomic E-state index is 5.43. The van der Waals surface area contributed by atoms with Gasteiger partial charge in [-0.1, -0.05) is 129 Å². The number of aliphatic imine (C=N–C) groups is 2. The Hall–Kier alpha value is -2.17. The summed E-state index contributed by atoms with van der Waals surface area (Å²) in [5.41, 5.74) is 9.35. The molecule has 0 aliphatic rings. The zero-order valence-corrected chi connectivity index (χ0v) is 31.5. The quantitative estimate of drug-likeness (QED) is 0.0487. The topological polar surface area (TPSA) is 24.7 Å². The maximum Gasteiger partial charge on any atom is 0.135 e. The molecule has 0 bridgehead atoms. The summed E-state index contributed by atoms with van der Waals surface area (Å²) >= 11 is 0. The van der Waals surface area contributed by atoms with Crippen LogP contribution >= 0.6 is 0 Å². The van der Waals surface area contributed by atoms with Crippen molar-refractivity contribution in [2.45, 2.75) is 176 Å². The SMILES string of the molecule is CCCCCCCC#CC(=N\c1cc(C)cc(C)c1)/C(CCCCCCCC)=N/c1cc(CCCCC)cc(CCCCC)c1.[Ni]. The van der Waals surface area contributed by atoms with Crippen LogP contribution in [0.4, 0.5) is 11.4 Å². The zero-order chi connectivity index (χ0) is 32.5. The first kappa shape index (κ1) is 41.9. The van der Waals surface area contributed by atoms with Crippen molar-refractivity contribution in [1.82, 2.24) is 0 Å². The van der Waals surface area contributed by atoms with Gasteiger partial charge in [0.1, 0.15) is 5.71 Å². The molecule has 0 N–H and O–H groups in total. The van der Waals surface area contributed by atoms with Crippen LogP contribution in [0.15, 0.2) is 46.4 Å². The van der Waals surface area contributed by atoms with Gasteiger partial charge in [0, 0.05) is 22.9 Å². The number of nitrogens with zero attached hydrogens (tertiary/aromatic N) is 2. The molecule has 258 valence electrons. The van der Waals surface area contributed by atoms with Crippen LogP contribution in [0.3, 0.4) is 0 Å². The van der Waals surface area contributed by atoms with E-state index in [1.165, 1.54) is 119 Å². The Balaban J connectivity index is 0.0000106. The van der Waals surface area contributed by atoms with Gasteiger partial charge in [-0.2, -0.15) is 0 Å². The molecular weight excluding hydrogens is 603 g/mol. The number of aryl methyl sites for hydroxylation is 4. The Morgan fingerprint density at radius 2 is 1.00 bits per heavy atom. The van der Waals surface area contributed by atoms with Crippen molar-refractivity contribution in [3.63, 3.8) is 0 Å². The van der Waals surface area contributed by atoms with Crippen molar-refractivity contribution in [2.24, 2.45) is 9.98 Å². The number of unbranched alkanes of at least 4 members (excludes halogenated alkanes) is 14. The van der Waals surface area contributed by atoms with Crippen LogP contribution in [0.1, 0.15) is 172 Å². The Morgan fingerprint density at radius 1 is 0.522 bits per heavy atom. The maximum atomic E-state index is 5.43. The first-order valence-corrected chi connectivity index (χ1v) is 18.9. The van der Waals surface area contributed by atoms with Crippen LogP contribution in [-0.4, -0.2) is 11.4 Å². The Labute approximate surface area is 295 Å². The average Bonchev–Trinajstić information content (AvgIpc) is 3.01. The van der Waals surface area contributed by atoms with Crippen LogP contribution in [0.2, 0.25) is 0 Å². The second kappa shape index (κ2) is 26.9. The van der Waals surface area contributed by atoms with E-state index in [-0.39, 0.29) is 16.5 Å². The molecule has 0 unspecified atom stereocenters. The average molecular weight is 670 g/mol. The third-order valence-electron chi connectivity index (χ3n) is 8.54. The molecular formula is C43H66N2Ni. The van der Waals surface area contributed by atoms with Gasteiger partial charge in [0.2, 0.25) is 0 Å². The summed E-state index contributed by atoms with van der Waals surface area (Å²) in [6, 6.07) is 13.7. The minimum absolute atomic E-state index is 0. The number of hydrogen-bond acceptors (Lipinski definition) is 2. The second-order valence-corrected chi connectivity index (χ2v) is 13.3. The van der Waals surface area contributed by atoms with E-state index in [0.717, 1.165) is 61.3 Å². The number of hydrogen-bond donors (Lipinski definition) is 0. The Bertz CT molecular complexity index is 1160. The minimum Gasteiger partial charge on any atom is -0.250 e. The molecule has 2 rings (SSSR count). The van der Waals surface area contributed by atoms with Crippen LogP contribution in [0.5, 0.6) is 0 Å². The summed E-state index contributed by atoms with van der Waals surface area (Å²) in [4.78, 5) is 10.7. The van der Waals surface area contributed by atoms with E-state index in [4.69, 9.17) is 9.98 Å². The summed E-state index contributed by atoms with van der Waals surface area (Å²) < 4.78 is 0. The smallest absolute Gasteiger partial charge is 0.135 e. The molecule has 2 nitrogen and oxygen atoms in total. The molecule has 0 aliphatic heterocycles. The molecule has 0 saturated carbocycles. The zero-order valence-electron chi connectivity index (χ0n) is 30.5. The molecule has 2 aromatic carbocycles. The van der Waals surface area contributed by atoms with E-state index in [0.29, 0.717) is 0 Å². The van der Waals surface area contributed by atoms with Gasteiger partial charge in [-0.3, -0.25) is 4.99 Å². The predicted molar refractivity (Wildman–Crippen MR) is 202 cm³/mol. The van der Waals surface area contributed by atoms with E-state index in [1.807, 2.05) is 0 Å². The van der Waals surface area contributed by atoms with E-state index in [9.17, 15) is 0 Å². The molecule has 0 atom stereocenters. The van der Waals surface area contributed by atoms with Crippen LogP contribution in [0.25, 0.3) is 0 Å². The fourth-order valence-electron chi connectivity index (χ4n) is 5.98. The summed E-state index contributed by atoms with van der Waals surface area (Å²) in [6.07, 6.45) is 25.6. The predicted octanol–water partition coefficient (Wildman–Crippen LogP) is 13.7. The fourth-order valence-corrected chi connectivity index (χ4v) is 5.98. The van der Waals surface area contributed by atoms with Gasteiger partial charge in [-0.25, -0.2) is 4.99 Å². The molecule has 46 heavy (non-hydrogen) atoms. The normalized spacial score (nSPS) is 11.7. The van der Waals surface area contributed by atoms with Crippen molar-refractivity contribution in [3.8, 4) is 11.8 Å². The van der Waals surface area contributed by atoms with E-state index < -0.39 is 0 Å². The summed E-state index contributed by atoms with van der Waals surface area (Å²) in [5, 5.41) is 0. The molecule has 0 aliphatic carbocycles. The standard InChI is InChI=1S/C43H66N2.Ni/c1-7-11-15-17-19-21-25-28-42(44-40-31-36(5)30-37(6)32-40)43(29-24-20-18-16-12-8-2)45-41-34-38(26-22-13-9-3)33-39(35-41)27-23-14-10-4;/h30-35H,7-24,26-27,29H2,1-6H3;/b44-42+,45-43+;. The second-order valence-electron chi connectivity index (χ2n) is 13.3. The molecule has 0 amide bonds. The van der Waals surface area contributed by atoms with Crippen molar-refractivity contribution in [3.05, 3.63) is 58.7 Å². The van der Waals surface area contributed by atoms with Crippen molar-refractivity contribution < 1.29 is 16.5 Å². The van der Waals surface area contributed by atoms with Gasteiger partial charge < -0.3 is 0 Å². The molecule has 0 saturated heterocycles. The third kappa shape index (κ3) is 18.8. The Morgan fingerprint density at radius 3 is 1.57 bits per heavy atom. The first-order valence-electron chi connectivity index (χ1n) is 18.9. The number of benzene rings is 2. The molecule has 2 aromatic rings. The molecule has 0 radical (unpaired) electrons. The third-order valence-corrected chi connectivity index (χ3v) is 8.54. The van der Waals surface area contributed by atoms with Gasteiger partial charge in [0.05, 0.1) is 17.1 Å². The van der Waals surface area contributed by atoms with Gasteiger partial charge >= 0.3 is 0 Å². The van der Waals surface area contributed by atoms with E-state index >= 15 is 0 Å². The van der Waals surface area contributed by atoms with Gasteiger partial charge in [-0.15, -0.1) is 0 Å². The monoisotopic (exact) mass is 668 g/mol. The van der Waals surface area contributed by atoms with Gasteiger partial charge in [0.15, 0.2) is 0 Å². The molecule has 3 heteroatoms. The largest absolute Gasteiger partial charge is 0.250 e. The Kier molecular flexibility index (Phi) is 24.4.